The largest absolute Gasteiger partial charge is 0.392 e. The Bertz CT molecular complexity index is 131. The first-order valence-corrected chi connectivity index (χ1v) is 6.43. The van der Waals surface area contributed by atoms with E-state index in [9.17, 15) is 5.11 Å². The third kappa shape index (κ3) is 2.56. The molecule has 0 radical (unpaired) electrons. The van der Waals surface area contributed by atoms with Gasteiger partial charge in [-0.15, -0.1) is 0 Å². The van der Waals surface area contributed by atoms with Crippen LogP contribution in [0.4, 0.5) is 0 Å². The molecule has 0 aliphatic carbocycles. The average molecular weight is 192 g/mol. The summed E-state index contributed by atoms with van der Waals surface area (Å²) in [6, 6.07) is 0. The van der Waals surface area contributed by atoms with Crippen LogP contribution in [0.2, 0.25) is 0 Å². The van der Waals surface area contributed by atoms with Gasteiger partial charge in [-0.2, -0.15) is 0 Å². The molecule has 0 aromatic rings. The molecule has 0 spiro atoms. The quantitative estimate of drug-likeness (QED) is 0.595. The Morgan fingerprint density at radius 3 is 2.09 bits per heavy atom. The number of hydrogen-bond donors (Lipinski definition) is 1. The summed E-state index contributed by atoms with van der Waals surface area (Å²) in [4.78, 5) is 0. The molecule has 66 valence electrons. The maximum atomic E-state index is 9.67. The lowest BCUT2D eigenvalue weighted by molar-refractivity contribution is 0.0744. The first-order valence-electron chi connectivity index (χ1n) is 3.94. The molecular formula is C8H16OS2. The van der Waals surface area contributed by atoms with Gasteiger partial charge >= 0.3 is 0 Å². The first kappa shape index (κ1) is 9.75. The molecule has 2 atom stereocenters. The minimum absolute atomic E-state index is 0.0961. The van der Waals surface area contributed by atoms with Crippen molar-refractivity contribution in [3.63, 3.8) is 0 Å². The van der Waals surface area contributed by atoms with E-state index in [2.05, 4.69) is 20.8 Å². The average Bonchev–Trinajstić information content (AvgIpc) is 1.86. The minimum Gasteiger partial charge on any atom is -0.392 e. The van der Waals surface area contributed by atoms with Gasteiger partial charge in [0.05, 0.1) is 6.10 Å². The van der Waals surface area contributed by atoms with Gasteiger partial charge in [0, 0.05) is 17.4 Å². The molecule has 0 aromatic heterocycles. The number of aliphatic hydroxyl groups is 1. The van der Waals surface area contributed by atoms with Crippen molar-refractivity contribution >= 4 is 21.6 Å². The van der Waals surface area contributed by atoms with E-state index in [1.54, 1.807) is 10.8 Å². The highest BCUT2D eigenvalue weighted by Crippen LogP contribution is 2.41. The Morgan fingerprint density at radius 2 is 1.73 bits per heavy atom. The van der Waals surface area contributed by atoms with Crippen LogP contribution in [0.15, 0.2) is 0 Å². The van der Waals surface area contributed by atoms with Gasteiger partial charge in [0.1, 0.15) is 0 Å². The van der Waals surface area contributed by atoms with Crippen LogP contribution in [-0.2, 0) is 0 Å². The SMILES string of the molecule is CC(C)(C)C1CSSCC1O. The lowest BCUT2D eigenvalue weighted by Gasteiger charge is -2.36. The van der Waals surface area contributed by atoms with Crippen LogP contribution in [0, 0.1) is 11.3 Å². The Balaban J connectivity index is 2.55. The van der Waals surface area contributed by atoms with Gasteiger partial charge in [0.15, 0.2) is 0 Å². The summed E-state index contributed by atoms with van der Waals surface area (Å²) in [5.41, 5.74) is 0.257. The molecule has 2 unspecified atom stereocenters. The summed E-state index contributed by atoms with van der Waals surface area (Å²) in [6.07, 6.45) is -0.0961. The molecule has 1 saturated heterocycles. The van der Waals surface area contributed by atoms with Gasteiger partial charge in [-0.25, -0.2) is 0 Å². The summed E-state index contributed by atoms with van der Waals surface area (Å²) in [7, 11) is 3.68. The molecule has 0 bridgehead atoms. The first-order chi connectivity index (χ1) is 5.02. The van der Waals surface area contributed by atoms with Crippen molar-refractivity contribution in [1.82, 2.24) is 0 Å². The van der Waals surface area contributed by atoms with Gasteiger partial charge in [-0.3, -0.25) is 0 Å². The van der Waals surface area contributed by atoms with Crippen molar-refractivity contribution in [2.45, 2.75) is 26.9 Å². The summed E-state index contributed by atoms with van der Waals surface area (Å²) in [5.74, 6) is 2.45. The van der Waals surface area contributed by atoms with Crippen molar-refractivity contribution in [3.05, 3.63) is 0 Å². The zero-order valence-electron chi connectivity index (χ0n) is 7.33. The summed E-state index contributed by atoms with van der Waals surface area (Å²) in [6.45, 7) is 6.62. The Morgan fingerprint density at radius 1 is 1.18 bits per heavy atom. The van der Waals surface area contributed by atoms with Crippen LogP contribution in [0.1, 0.15) is 20.8 Å². The molecule has 0 saturated carbocycles. The smallest absolute Gasteiger partial charge is 0.0680 e. The van der Waals surface area contributed by atoms with E-state index in [1.165, 1.54) is 0 Å². The third-order valence-corrected chi connectivity index (χ3v) is 4.60. The molecule has 0 aromatic carbocycles. The van der Waals surface area contributed by atoms with E-state index in [0.717, 1.165) is 11.5 Å². The Hall–Kier alpha value is 0.660. The Kier molecular flexibility index (Phi) is 3.18. The maximum absolute atomic E-state index is 9.67. The molecule has 1 N–H and O–H groups in total. The van der Waals surface area contributed by atoms with Crippen molar-refractivity contribution in [2.75, 3.05) is 11.5 Å². The van der Waals surface area contributed by atoms with Crippen molar-refractivity contribution < 1.29 is 5.11 Å². The third-order valence-electron chi connectivity index (χ3n) is 2.15. The van der Waals surface area contributed by atoms with Gasteiger partial charge in [-0.1, -0.05) is 42.4 Å². The number of aliphatic hydroxyl groups excluding tert-OH is 1. The zero-order valence-corrected chi connectivity index (χ0v) is 8.97. The summed E-state index contributed by atoms with van der Waals surface area (Å²) in [5, 5.41) is 9.67. The monoisotopic (exact) mass is 192 g/mol. The summed E-state index contributed by atoms with van der Waals surface area (Å²) >= 11 is 0. The van der Waals surface area contributed by atoms with E-state index >= 15 is 0 Å². The van der Waals surface area contributed by atoms with Gasteiger partial charge < -0.3 is 5.11 Å². The van der Waals surface area contributed by atoms with Crippen molar-refractivity contribution in [1.29, 1.82) is 0 Å². The van der Waals surface area contributed by atoms with Crippen LogP contribution in [0.3, 0.4) is 0 Å². The predicted molar refractivity (Wildman–Crippen MR) is 53.9 cm³/mol. The van der Waals surface area contributed by atoms with Gasteiger partial charge in [-0.05, 0) is 5.41 Å². The normalized spacial score (nSPS) is 33.8. The van der Waals surface area contributed by atoms with Gasteiger partial charge in [0.25, 0.3) is 0 Å². The van der Waals surface area contributed by atoms with Gasteiger partial charge in [0.2, 0.25) is 0 Å². The van der Waals surface area contributed by atoms with Crippen LogP contribution in [0.25, 0.3) is 0 Å². The van der Waals surface area contributed by atoms with E-state index < -0.39 is 0 Å². The van der Waals surface area contributed by atoms with E-state index in [4.69, 9.17) is 0 Å². The van der Waals surface area contributed by atoms with E-state index in [0.29, 0.717) is 5.92 Å². The molecule has 0 amide bonds. The highest BCUT2D eigenvalue weighted by Gasteiger charge is 2.33. The highest BCUT2D eigenvalue weighted by molar-refractivity contribution is 8.76. The molecule has 1 heterocycles. The molecule has 1 fully saturated rings. The molecule has 11 heavy (non-hydrogen) atoms. The second-order valence-corrected chi connectivity index (χ2v) is 6.66. The van der Waals surface area contributed by atoms with Crippen molar-refractivity contribution in [3.8, 4) is 0 Å². The second-order valence-electron chi connectivity index (χ2n) is 4.11. The van der Waals surface area contributed by atoms with Crippen LogP contribution in [-0.4, -0.2) is 22.7 Å². The fourth-order valence-corrected chi connectivity index (χ4v) is 4.16. The highest BCUT2D eigenvalue weighted by atomic mass is 33.1. The molecule has 1 nitrogen and oxygen atoms in total. The lowest BCUT2D eigenvalue weighted by atomic mass is 9.79. The molecule has 1 aliphatic heterocycles. The molecule has 1 aliphatic rings. The molecule has 3 heteroatoms. The fourth-order valence-electron chi connectivity index (χ4n) is 1.29. The topological polar surface area (TPSA) is 20.2 Å². The second kappa shape index (κ2) is 3.58. The molecule has 1 rings (SSSR count). The number of rotatable bonds is 0. The van der Waals surface area contributed by atoms with Crippen molar-refractivity contribution in [2.24, 2.45) is 11.3 Å². The van der Waals surface area contributed by atoms with E-state index in [1.807, 2.05) is 10.8 Å². The minimum atomic E-state index is -0.0961. The predicted octanol–water partition coefficient (Wildman–Crippen LogP) is 2.40. The summed E-state index contributed by atoms with van der Waals surface area (Å²) < 4.78 is 0. The Labute approximate surface area is 76.7 Å². The van der Waals surface area contributed by atoms with Crippen LogP contribution >= 0.6 is 21.6 Å². The van der Waals surface area contributed by atoms with E-state index in [-0.39, 0.29) is 11.5 Å². The zero-order chi connectivity index (χ0) is 8.48. The van der Waals surface area contributed by atoms with Crippen LogP contribution < -0.4 is 0 Å². The lowest BCUT2D eigenvalue weighted by Crippen LogP contribution is -2.37. The fraction of sp³-hybridized carbons (Fsp3) is 1.00. The van der Waals surface area contributed by atoms with Crippen LogP contribution in [0.5, 0.6) is 0 Å². The standard InChI is InChI=1S/C8H16OS2/c1-8(2,3)6-4-10-11-5-7(6)9/h6-7,9H,4-5H2,1-3H3. The number of hydrogen-bond acceptors (Lipinski definition) is 3. The molecular weight excluding hydrogens is 176 g/mol. The maximum Gasteiger partial charge on any atom is 0.0680 e.